The van der Waals surface area contributed by atoms with Crippen molar-refractivity contribution < 1.29 is 4.52 Å². The Morgan fingerprint density at radius 1 is 1.43 bits per heavy atom. The monoisotopic (exact) mass is 194 g/mol. The van der Waals surface area contributed by atoms with E-state index in [9.17, 15) is 0 Å². The van der Waals surface area contributed by atoms with Crippen molar-refractivity contribution in [3.8, 4) is 0 Å². The number of aromatic nitrogens is 2. The molecule has 76 valence electrons. The topological polar surface area (TPSA) is 68.2 Å². The normalized spacial score (nSPS) is 35.6. The predicted octanol–water partition coefficient (Wildman–Crippen LogP) is 0.161. The maximum atomic E-state index is 5.98. The predicted molar refractivity (Wildman–Crippen MR) is 50.8 cm³/mol. The molecule has 3 aliphatic rings. The molecule has 14 heavy (non-hydrogen) atoms. The summed E-state index contributed by atoms with van der Waals surface area (Å²) in [6.45, 7) is 3.78. The van der Waals surface area contributed by atoms with Crippen LogP contribution in [-0.4, -0.2) is 29.3 Å². The summed E-state index contributed by atoms with van der Waals surface area (Å²) >= 11 is 0. The molecule has 5 heteroatoms. The Morgan fingerprint density at radius 2 is 2.14 bits per heavy atom. The maximum absolute atomic E-state index is 5.98. The zero-order chi connectivity index (χ0) is 9.71. The van der Waals surface area contributed by atoms with Crippen molar-refractivity contribution in [1.82, 2.24) is 10.1 Å². The van der Waals surface area contributed by atoms with Crippen molar-refractivity contribution in [2.75, 3.05) is 18.0 Å². The number of piperidine rings is 2. The Hall–Kier alpha value is -1.10. The zero-order valence-corrected chi connectivity index (χ0v) is 8.18. The molecule has 0 aromatic carbocycles. The van der Waals surface area contributed by atoms with Gasteiger partial charge in [-0.1, -0.05) is 5.16 Å². The molecular weight excluding hydrogens is 180 g/mol. The largest absolute Gasteiger partial charge is 0.327 e. The first-order valence-corrected chi connectivity index (χ1v) is 5.05. The molecule has 5 nitrogen and oxygen atoms in total. The van der Waals surface area contributed by atoms with E-state index in [1.165, 1.54) is 6.42 Å². The van der Waals surface area contributed by atoms with Gasteiger partial charge in [0, 0.05) is 19.1 Å². The van der Waals surface area contributed by atoms with E-state index in [0.717, 1.165) is 13.1 Å². The van der Waals surface area contributed by atoms with E-state index in [1.807, 2.05) is 6.92 Å². The molecule has 4 rings (SSSR count). The maximum Gasteiger partial charge on any atom is 0.324 e. The van der Waals surface area contributed by atoms with Crippen LogP contribution < -0.4 is 10.6 Å². The van der Waals surface area contributed by atoms with E-state index in [1.54, 1.807) is 0 Å². The highest BCUT2D eigenvalue weighted by atomic mass is 16.5. The van der Waals surface area contributed by atoms with Crippen molar-refractivity contribution in [3.05, 3.63) is 5.82 Å². The number of anilines is 1. The van der Waals surface area contributed by atoms with Gasteiger partial charge in [0.25, 0.3) is 0 Å². The molecule has 0 spiro atoms. The Kier molecular flexibility index (Phi) is 1.58. The standard InChI is InChI=1S/C9H14N4O/c1-5-11-9(14-12-5)13-3-6-2-7(4-13)8(6)10/h6-8H,2-4,10H2,1H3. The first-order valence-electron chi connectivity index (χ1n) is 5.05. The minimum atomic E-state index is 0.398. The number of hydrogen-bond donors (Lipinski definition) is 1. The van der Waals surface area contributed by atoms with Crippen LogP contribution in [0.25, 0.3) is 0 Å². The molecule has 2 unspecified atom stereocenters. The van der Waals surface area contributed by atoms with Crippen LogP contribution in [-0.2, 0) is 0 Å². The first kappa shape index (κ1) is 8.23. The molecule has 2 aliphatic heterocycles. The van der Waals surface area contributed by atoms with Gasteiger partial charge in [-0.25, -0.2) is 0 Å². The highest BCUT2D eigenvalue weighted by molar-refractivity contribution is 5.29. The quantitative estimate of drug-likeness (QED) is 0.689. The summed E-state index contributed by atoms with van der Waals surface area (Å²) < 4.78 is 5.13. The van der Waals surface area contributed by atoms with Gasteiger partial charge in [0.05, 0.1) is 0 Å². The van der Waals surface area contributed by atoms with E-state index in [4.69, 9.17) is 10.3 Å². The van der Waals surface area contributed by atoms with Crippen molar-refractivity contribution in [1.29, 1.82) is 0 Å². The van der Waals surface area contributed by atoms with Crippen LogP contribution in [0, 0.1) is 18.8 Å². The van der Waals surface area contributed by atoms with Crippen molar-refractivity contribution in [2.45, 2.75) is 19.4 Å². The summed E-state index contributed by atoms with van der Waals surface area (Å²) in [5, 5.41) is 3.79. The molecule has 1 saturated carbocycles. The number of rotatable bonds is 1. The molecule has 2 atom stereocenters. The van der Waals surface area contributed by atoms with Crippen LogP contribution in [0.5, 0.6) is 0 Å². The average molecular weight is 194 g/mol. The number of fused-ring (bicyclic) bond motifs is 2. The summed E-state index contributed by atoms with van der Waals surface area (Å²) in [6, 6.07) is 1.05. The van der Waals surface area contributed by atoms with Gasteiger partial charge < -0.3 is 15.2 Å². The van der Waals surface area contributed by atoms with Gasteiger partial charge in [-0.05, 0) is 25.2 Å². The van der Waals surface area contributed by atoms with Gasteiger partial charge >= 0.3 is 6.01 Å². The number of aryl methyl sites for hydroxylation is 1. The lowest BCUT2D eigenvalue weighted by Crippen LogP contribution is -2.62. The fraction of sp³-hybridized carbons (Fsp3) is 0.778. The van der Waals surface area contributed by atoms with Gasteiger partial charge in [-0.3, -0.25) is 0 Å². The highest BCUT2D eigenvalue weighted by Gasteiger charge is 2.45. The van der Waals surface area contributed by atoms with E-state index in [2.05, 4.69) is 15.0 Å². The van der Waals surface area contributed by atoms with Crippen LogP contribution in [0.2, 0.25) is 0 Å². The Balaban J connectivity index is 1.77. The molecule has 0 amide bonds. The van der Waals surface area contributed by atoms with Gasteiger partial charge in [0.1, 0.15) is 0 Å². The van der Waals surface area contributed by atoms with Gasteiger partial charge in [-0.15, -0.1) is 0 Å². The molecule has 3 heterocycles. The third-order valence-electron chi connectivity index (χ3n) is 3.39. The lowest BCUT2D eigenvalue weighted by atomic mass is 9.67. The second kappa shape index (κ2) is 2.70. The summed E-state index contributed by atoms with van der Waals surface area (Å²) in [7, 11) is 0. The summed E-state index contributed by atoms with van der Waals surface area (Å²) in [5.74, 6) is 1.95. The second-order valence-electron chi connectivity index (χ2n) is 4.36. The molecule has 1 aliphatic carbocycles. The fourth-order valence-electron chi connectivity index (χ4n) is 2.50. The van der Waals surface area contributed by atoms with Crippen LogP contribution in [0.1, 0.15) is 12.2 Å². The fourth-order valence-corrected chi connectivity index (χ4v) is 2.50. The molecule has 2 N–H and O–H groups in total. The van der Waals surface area contributed by atoms with Crippen LogP contribution in [0.15, 0.2) is 4.52 Å². The molecule has 2 saturated heterocycles. The van der Waals surface area contributed by atoms with Crippen molar-refractivity contribution in [3.63, 3.8) is 0 Å². The minimum Gasteiger partial charge on any atom is -0.327 e. The van der Waals surface area contributed by atoms with Crippen LogP contribution in [0.4, 0.5) is 6.01 Å². The van der Waals surface area contributed by atoms with Gasteiger partial charge in [-0.2, -0.15) is 4.98 Å². The molecule has 0 radical (unpaired) electrons. The van der Waals surface area contributed by atoms with E-state index in [0.29, 0.717) is 29.7 Å². The highest BCUT2D eigenvalue weighted by Crippen LogP contribution is 2.39. The third kappa shape index (κ3) is 1.05. The zero-order valence-electron chi connectivity index (χ0n) is 8.18. The lowest BCUT2D eigenvalue weighted by molar-refractivity contribution is 0.111. The average Bonchev–Trinajstić information content (AvgIpc) is 2.64. The van der Waals surface area contributed by atoms with Crippen LogP contribution >= 0.6 is 0 Å². The smallest absolute Gasteiger partial charge is 0.324 e. The molecule has 1 aromatic heterocycles. The third-order valence-corrected chi connectivity index (χ3v) is 3.39. The Bertz CT molecular complexity index is 338. The van der Waals surface area contributed by atoms with Crippen molar-refractivity contribution in [2.24, 2.45) is 17.6 Å². The van der Waals surface area contributed by atoms with E-state index < -0.39 is 0 Å². The molecule has 1 aromatic rings. The number of nitrogens with two attached hydrogens (primary N) is 1. The van der Waals surface area contributed by atoms with Crippen LogP contribution in [0.3, 0.4) is 0 Å². The minimum absolute atomic E-state index is 0.398. The molecule has 2 bridgehead atoms. The summed E-state index contributed by atoms with van der Waals surface area (Å²) in [6.07, 6.45) is 1.27. The van der Waals surface area contributed by atoms with E-state index in [-0.39, 0.29) is 0 Å². The summed E-state index contributed by atoms with van der Waals surface area (Å²) in [5.41, 5.74) is 5.98. The van der Waals surface area contributed by atoms with Gasteiger partial charge in [0.2, 0.25) is 0 Å². The number of hydrogen-bond acceptors (Lipinski definition) is 5. The van der Waals surface area contributed by atoms with E-state index >= 15 is 0 Å². The Morgan fingerprint density at radius 3 is 2.64 bits per heavy atom. The van der Waals surface area contributed by atoms with Crippen molar-refractivity contribution >= 4 is 6.01 Å². The Labute approximate surface area is 82.3 Å². The SMILES string of the molecule is Cc1noc(N2CC3CC(C2)C3N)n1. The van der Waals surface area contributed by atoms with Gasteiger partial charge in [0.15, 0.2) is 5.82 Å². The molecule has 3 fully saturated rings. The summed E-state index contributed by atoms with van der Waals surface area (Å²) in [4.78, 5) is 6.38. The first-order chi connectivity index (χ1) is 6.74. The second-order valence-corrected chi connectivity index (χ2v) is 4.36. The number of nitrogens with zero attached hydrogens (tertiary/aromatic N) is 3. The molecular formula is C9H14N4O. The lowest BCUT2D eigenvalue weighted by Gasteiger charge is -2.51.